The zero-order valence-electron chi connectivity index (χ0n) is 13.7. The highest BCUT2D eigenvalue weighted by Gasteiger charge is 2.39. The summed E-state index contributed by atoms with van der Waals surface area (Å²) in [6, 6.07) is 22.2. The lowest BCUT2D eigenvalue weighted by Crippen LogP contribution is -2.11. The first-order valence-electron chi connectivity index (χ1n) is 8.05. The molecule has 4 rings (SSSR count). The molecule has 122 valence electrons. The van der Waals surface area contributed by atoms with E-state index >= 15 is 0 Å². The molecule has 25 heavy (non-hydrogen) atoms. The molecule has 0 spiro atoms. The van der Waals surface area contributed by atoms with Crippen LogP contribution in [-0.4, -0.2) is 15.8 Å². The predicted molar refractivity (Wildman–Crippen MR) is 103 cm³/mol. The minimum absolute atomic E-state index is 0.000774. The molecule has 1 aromatic heterocycles. The van der Waals surface area contributed by atoms with Crippen molar-refractivity contribution in [2.75, 3.05) is 0 Å². The van der Waals surface area contributed by atoms with Crippen LogP contribution in [0.1, 0.15) is 18.1 Å². The van der Waals surface area contributed by atoms with Crippen LogP contribution in [0.4, 0.5) is 0 Å². The monoisotopic (exact) mass is 344 g/mol. The Hall–Kier alpha value is -2.72. The Labute approximate surface area is 150 Å². The number of hydrogen-bond acceptors (Lipinski definition) is 4. The van der Waals surface area contributed by atoms with Crippen LogP contribution in [0, 0.1) is 0 Å². The third kappa shape index (κ3) is 3.01. The fourth-order valence-corrected chi connectivity index (χ4v) is 3.94. The van der Waals surface area contributed by atoms with Crippen molar-refractivity contribution in [2.24, 2.45) is 4.99 Å². The van der Waals surface area contributed by atoms with E-state index in [2.05, 4.69) is 41.4 Å². The van der Waals surface area contributed by atoms with Crippen molar-refractivity contribution < 1.29 is 4.79 Å². The third-order valence-corrected chi connectivity index (χ3v) is 5.39. The van der Waals surface area contributed by atoms with Crippen molar-refractivity contribution in [3.8, 4) is 11.1 Å². The van der Waals surface area contributed by atoms with Gasteiger partial charge in [-0.3, -0.25) is 14.8 Å². The van der Waals surface area contributed by atoms with Gasteiger partial charge in [0.05, 0.1) is 0 Å². The maximum Gasteiger partial charge on any atom is 0.240 e. The summed E-state index contributed by atoms with van der Waals surface area (Å²) in [5.74, 6) is 0. The fraction of sp³-hybridized carbons (Fsp3) is 0.0952. The maximum absolute atomic E-state index is 12.5. The number of aromatic nitrogens is 1. The van der Waals surface area contributed by atoms with Crippen LogP contribution in [0.15, 0.2) is 84.1 Å². The van der Waals surface area contributed by atoms with E-state index in [1.54, 1.807) is 12.4 Å². The van der Waals surface area contributed by atoms with Crippen molar-refractivity contribution in [1.29, 1.82) is 0 Å². The van der Waals surface area contributed by atoms with Gasteiger partial charge in [-0.1, -0.05) is 54.6 Å². The highest BCUT2D eigenvalue weighted by molar-refractivity contribution is 8.16. The number of aliphatic imine (C=N–C) groups is 1. The summed E-state index contributed by atoms with van der Waals surface area (Å²) >= 11 is 1.26. The molecule has 1 unspecified atom stereocenters. The first-order chi connectivity index (χ1) is 12.2. The molecule has 0 radical (unpaired) electrons. The minimum atomic E-state index is -0.592. The fourth-order valence-electron chi connectivity index (χ4n) is 2.93. The second kappa shape index (κ2) is 6.30. The van der Waals surface area contributed by atoms with Gasteiger partial charge in [-0.25, -0.2) is 0 Å². The van der Waals surface area contributed by atoms with E-state index < -0.39 is 4.87 Å². The highest BCUT2D eigenvalue weighted by Crippen LogP contribution is 2.44. The number of nitrogens with zero attached hydrogens (tertiary/aromatic N) is 2. The summed E-state index contributed by atoms with van der Waals surface area (Å²) in [6.45, 7) is 1.99. The van der Waals surface area contributed by atoms with Crippen LogP contribution >= 0.6 is 11.8 Å². The van der Waals surface area contributed by atoms with E-state index in [9.17, 15) is 4.79 Å². The SMILES string of the molecule is CC1(c2ccc(-c3ccccc3)cc2)N=C(c2ccncc2)C(=O)S1. The number of carbonyl (C=O) groups excluding carboxylic acids is 1. The number of rotatable bonds is 3. The standard InChI is InChI=1S/C21H16N2OS/c1-21(23-19(20(24)25-21)17-11-13-22-14-12-17)18-9-7-16(8-10-18)15-5-3-2-4-6-15/h2-14H,1H3. The van der Waals surface area contributed by atoms with Gasteiger partial charge in [0.25, 0.3) is 0 Å². The van der Waals surface area contributed by atoms with E-state index in [1.165, 1.54) is 17.3 Å². The minimum Gasteiger partial charge on any atom is -0.280 e. The van der Waals surface area contributed by atoms with Crippen LogP contribution in [0.5, 0.6) is 0 Å². The predicted octanol–water partition coefficient (Wildman–Crippen LogP) is 4.68. The Morgan fingerprint density at radius 1 is 0.800 bits per heavy atom. The lowest BCUT2D eigenvalue weighted by atomic mass is 10.0. The molecule has 0 saturated carbocycles. The molecule has 1 aliphatic heterocycles. The summed E-state index contributed by atoms with van der Waals surface area (Å²) in [4.78, 5) is 20.6. The molecular formula is C21H16N2OS. The number of carbonyl (C=O) groups is 1. The molecule has 0 amide bonds. The van der Waals surface area contributed by atoms with Gasteiger partial charge in [0.2, 0.25) is 5.12 Å². The molecule has 3 nitrogen and oxygen atoms in total. The molecule has 2 heterocycles. The topological polar surface area (TPSA) is 42.3 Å². The van der Waals surface area contributed by atoms with Gasteiger partial charge in [0.1, 0.15) is 10.6 Å². The molecule has 1 atom stereocenters. The van der Waals surface area contributed by atoms with Crippen LogP contribution in [-0.2, 0) is 9.67 Å². The Morgan fingerprint density at radius 2 is 1.44 bits per heavy atom. The molecule has 0 bridgehead atoms. The van der Waals surface area contributed by atoms with Crippen LogP contribution < -0.4 is 0 Å². The van der Waals surface area contributed by atoms with E-state index in [0.717, 1.165) is 16.7 Å². The van der Waals surface area contributed by atoms with Crippen LogP contribution in [0.25, 0.3) is 11.1 Å². The van der Waals surface area contributed by atoms with Gasteiger partial charge >= 0.3 is 0 Å². The zero-order valence-corrected chi connectivity index (χ0v) is 14.5. The molecule has 0 N–H and O–H groups in total. The number of benzene rings is 2. The maximum atomic E-state index is 12.5. The van der Waals surface area contributed by atoms with Crippen molar-refractivity contribution in [3.05, 3.63) is 90.3 Å². The molecule has 2 aromatic carbocycles. The molecule has 0 saturated heterocycles. The van der Waals surface area contributed by atoms with E-state index in [1.807, 2.05) is 37.3 Å². The van der Waals surface area contributed by atoms with Crippen LogP contribution in [0.2, 0.25) is 0 Å². The normalized spacial score (nSPS) is 19.7. The Bertz CT molecular complexity index is 937. The lowest BCUT2D eigenvalue weighted by molar-refractivity contribution is -0.105. The molecular weight excluding hydrogens is 328 g/mol. The third-order valence-electron chi connectivity index (χ3n) is 4.29. The Kier molecular flexibility index (Phi) is 3.98. The average Bonchev–Trinajstić information content (AvgIpc) is 2.99. The van der Waals surface area contributed by atoms with Crippen molar-refractivity contribution in [1.82, 2.24) is 4.98 Å². The lowest BCUT2D eigenvalue weighted by Gasteiger charge is -2.19. The molecule has 1 aliphatic rings. The Balaban J connectivity index is 1.67. The zero-order chi connectivity index (χ0) is 17.3. The quantitative estimate of drug-likeness (QED) is 0.692. The summed E-state index contributed by atoms with van der Waals surface area (Å²) in [5, 5.41) is 0.000774. The van der Waals surface area contributed by atoms with Crippen molar-refractivity contribution >= 4 is 22.6 Å². The van der Waals surface area contributed by atoms with Gasteiger partial charge in [-0.2, -0.15) is 0 Å². The average molecular weight is 344 g/mol. The van der Waals surface area contributed by atoms with Crippen LogP contribution in [0.3, 0.4) is 0 Å². The smallest absolute Gasteiger partial charge is 0.240 e. The van der Waals surface area contributed by atoms with E-state index in [-0.39, 0.29) is 5.12 Å². The number of hydrogen-bond donors (Lipinski definition) is 0. The second-order valence-corrected chi connectivity index (χ2v) is 7.38. The van der Waals surface area contributed by atoms with Crippen molar-refractivity contribution in [2.45, 2.75) is 11.8 Å². The highest BCUT2D eigenvalue weighted by atomic mass is 32.2. The number of thioether (sulfide) groups is 1. The van der Waals surface area contributed by atoms with E-state index in [0.29, 0.717) is 5.71 Å². The van der Waals surface area contributed by atoms with Gasteiger partial charge in [-0.05, 0) is 47.5 Å². The number of pyridine rings is 1. The summed E-state index contributed by atoms with van der Waals surface area (Å²) in [7, 11) is 0. The summed E-state index contributed by atoms with van der Waals surface area (Å²) in [5.41, 5.74) is 4.68. The first-order valence-corrected chi connectivity index (χ1v) is 8.87. The largest absolute Gasteiger partial charge is 0.280 e. The molecule has 0 aliphatic carbocycles. The van der Waals surface area contributed by atoms with Gasteiger partial charge in [-0.15, -0.1) is 0 Å². The summed E-state index contributed by atoms with van der Waals surface area (Å²) < 4.78 is 0. The van der Waals surface area contributed by atoms with Gasteiger partial charge in [0, 0.05) is 18.0 Å². The molecule has 4 heteroatoms. The first kappa shape index (κ1) is 15.8. The van der Waals surface area contributed by atoms with Gasteiger partial charge < -0.3 is 0 Å². The molecule has 3 aromatic rings. The van der Waals surface area contributed by atoms with E-state index in [4.69, 9.17) is 4.99 Å². The second-order valence-electron chi connectivity index (χ2n) is 6.01. The summed E-state index contributed by atoms with van der Waals surface area (Å²) in [6.07, 6.45) is 3.36. The Morgan fingerprint density at radius 3 is 2.12 bits per heavy atom. The molecule has 0 fully saturated rings. The van der Waals surface area contributed by atoms with Gasteiger partial charge in [0.15, 0.2) is 0 Å². The van der Waals surface area contributed by atoms with Crippen molar-refractivity contribution in [3.63, 3.8) is 0 Å².